The van der Waals surface area contributed by atoms with Gasteiger partial charge in [0.1, 0.15) is 6.04 Å². The maximum atomic E-state index is 13.6. The molecule has 0 bridgehead atoms. The summed E-state index contributed by atoms with van der Waals surface area (Å²) in [6.07, 6.45) is 0.543. The number of methoxy groups -OCH3 is 1. The van der Waals surface area contributed by atoms with E-state index in [4.69, 9.17) is 27.9 Å². The lowest BCUT2D eigenvalue weighted by atomic mass is 10.0. The predicted molar refractivity (Wildman–Crippen MR) is 136 cm³/mol. The molecule has 0 heterocycles. The second-order valence-corrected chi connectivity index (χ2v) is 8.81. The van der Waals surface area contributed by atoms with E-state index in [0.717, 1.165) is 16.7 Å². The zero-order valence-electron chi connectivity index (χ0n) is 19.0. The van der Waals surface area contributed by atoms with Crippen LogP contribution in [-0.2, 0) is 33.7 Å². The van der Waals surface area contributed by atoms with Crippen molar-refractivity contribution in [2.24, 2.45) is 0 Å². The first-order valence-corrected chi connectivity index (χ1v) is 11.8. The summed E-state index contributed by atoms with van der Waals surface area (Å²) in [7, 11) is 1.58. The van der Waals surface area contributed by atoms with Crippen LogP contribution in [0, 0.1) is 0 Å². The van der Waals surface area contributed by atoms with E-state index in [0.29, 0.717) is 29.6 Å². The fraction of sp³-hybridized carbons (Fsp3) is 0.259. The third-order valence-corrected chi connectivity index (χ3v) is 5.92. The summed E-state index contributed by atoms with van der Waals surface area (Å²) in [5, 5.41) is 4.13. The van der Waals surface area contributed by atoms with E-state index in [1.54, 1.807) is 36.3 Å². The first-order chi connectivity index (χ1) is 16.5. The molecule has 1 atom stereocenters. The van der Waals surface area contributed by atoms with E-state index in [-0.39, 0.29) is 24.8 Å². The monoisotopic (exact) mass is 498 g/mol. The van der Waals surface area contributed by atoms with Gasteiger partial charge in [-0.05, 0) is 41.0 Å². The van der Waals surface area contributed by atoms with Gasteiger partial charge in [0, 0.05) is 36.7 Å². The number of nitrogens with zero attached hydrogens (tertiary/aromatic N) is 1. The largest absolute Gasteiger partial charge is 0.383 e. The minimum absolute atomic E-state index is 0.153. The summed E-state index contributed by atoms with van der Waals surface area (Å²) in [5.41, 5.74) is 2.68. The highest BCUT2D eigenvalue weighted by molar-refractivity contribution is 6.30. The smallest absolute Gasteiger partial charge is 0.243 e. The van der Waals surface area contributed by atoms with Gasteiger partial charge in [0.05, 0.1) is 13.0 Å². The number of carbonyl (C=O) groups is 2. The number of ether oxygens (including phenoxy) is 1. The van der Waals surface area contributed by atoms with Gasteiger partial charge in [-0.1, -0.05) is 77.8 Å². The number of halogens is 2. The Morgan fingerprint density at radius 2 is 1.44 bits per heavy atom. The normalized spacial score (nSPS) is 11.6. The molecule has 0 saturated heterocycles. The van der Waals surface area contributed by atoms with Crippen LogP contribution in [0.5, 0.6) is 0 Å². The van der Waals surface area contributed by atoms with Crippen molar-refractivity contribution in [1.29, 1.82) is 0 Å². The Morgan fingerprint density at radius 3 is 2.03 bits per heavy atom. The van der Waals surface area contributed by atoms with Gasteiger partial charge in [-0.3, -0.25) is 9.59 Å². The molecule has 0 fully saturated rings. The Morgan fingerprint density at radius 1 is 0.853 bits per heavy atom. The van der Waals surface area contributed by atoms with Crippen LogP contribution in [0.1, 0.15) is 16.7 Å². The molecule has 0 aromatic heterocycles. The highest BCUT2D eigenvalue weighted by Crippen LogP contribution is 2.19. The average Bonchev–Trinajstić information content (AvgIpc) is 2.84. The van der Waals surface area contributed by atoms with Gasteiger partial charge >= 0.3 is 0 Å². The molecule has 0 aliphatic rings. The van der Waals surface area contributed by atoms with Crippen molar-refractivity contribution in [3.63, 3.8) is 0 Å². The minimum Gasteiger partial charge on any atom is -0.383 e. The van der Waals surface area contributed by atoms with Crippen LogP contribution in [0.15, 0.2) is 78.9 Å². The van der Waals surface area contributed by atoms with Gasteiger partial charge in [0.15, 0.2) is 0 Å². The molecule has 34 heavy (non-hydrogen) atoms. The zero-order valence-corrected chi connectivity index (χ0v) is 20.6. The van der Waals surface area contributed by atoms with Crippen LogP contribution in [0.3, 0.4) is 0 Å². The van der Waals surface area contributed by atoms with E-state index in [1.165, 1.54) is 0 Å². The summed E-state index contributed by atoms with van der Waals surface area (Å²) < 4.78 is 5.08. The van der Waals surface area contributed by atoms with E-state index in [2.05, 4.69) is 5.32 Å². The molecular formula is C27H28Cl2N2O3. The van der Waals surface area contributed by atoms with Crippen LogP contribution in [0.25, 0.3) is 0 Å². The first kappa shape index (κ1) is 25.8. The third-order valence-electron chi connectivity index (χ3n) is 5.41. The van der Waals surface area contributed by atoms with E-state index >= 15 is 0 Å². The zero-order chi connectivity index (χ0) is 24.3. The van der Waals surface area contributed by atoms with Gasteiger partial charge in [-0.25, -0.2) is 0 Å². The SMILES string of the molecule is COCCNC(=O)[C@H](Cc1ccccc1)N(Cc1ccc(Cl)cc1)C(=O)Cc1ccc(Cl)cc1. The average molecular weight is 499 g/mol. The molecule has 7 heteroatoms. The van der Waals surface area contributed by atoms with Crippen LogP contribution in [0.2, 0.25) is 10.0 Å². The third kappa shape index (κ3) is 7.87. The molecule has 0 radical (unpaired) electrons. The molecule has 0 saturated carbocycles. The highest BCUT2D eigenvalue weighted by atomic mass is 35.5. The summed E-state index contributed by atoms with van der Waals surface area (Å²) in [5.74, 6) is -0.376. The van der Waals surface area contributed by atoms with Gasteiger partial charge in [0.2, 0.25) is 11.8 Å². The Balaban J connectivity index is 1.92. The lowest BCUT2D eigenvalue weighted by Crippen LogP contribution is -2.51. The topological polar surface area (TPSA) is 58.6 Å². The van der Waals surface area contributed by atoms with Gasteiger partial charge in [-0.15, -0.1) is 0 Å². The lowest BCUT2D eigenvalue weighted by molar-refractivity contribution is -0.140. The van der Waals surface area contributed by atoms with Crippen LogP contribution < -0.4 is 5.32 Å². The molecule has 0 spiro atoms. The number of nitrogens with one attached hydrogen (secondary N) is 1. The van der Waals surface area contributed by atoms with Crippen molar-refractivity contribution in [2.45, 2.75) is 25.4 Å². The Bertz CT molecular complexity index is 1060. The number of amides is 2. The van der Waals surface area contributed by atoms with Crippen molar-refractivity contribution >= 4 is 35.0 Å². The fourth-order valence-corrected chi connectivity index (χ4v) is 3.86. The number of benzene rings is 3. The van der Waals surface area contributed by atoms with Crippen molar-refractivity contribution < 1.29 is 14.3 Å². The second kappa shape index (κ2) is 13.1. The summed E-state index contributed by atoms with van der Waals surface area (Å²) in [6.45, 7) is 1.03. The van der Waals surface area contributed by atoms with E-state index < -0.39 is 6.04 Å². The van der Waals surface area contributed by atoms with Gasteiger partial charge in [0.25, 0.3) is 0 Å². The highest BCUT2D eigenvalue weighted by Gasteiger charge is 2.30. The van der Waals surface area contributed by atoms with E-state index in [1.807, 2.05) is 54.6 Å². The maximum Gasteiger partial charge on any atom is 0.243 e. The summed E-state index contributed by atoms with van der Waals surface area (Å²) in [4.78, 5) is 28.6. The fourth-order valence-electron chi connectivity index (χ4n) is 3.61. The second-order valence-electron chi connectivity index (χ2n) is 7.94. The standard InChI is InChI=1S/C27H28Cl2N2O3/c1-34-16-15-30-27(33)25(17-20-5-3-2-4-6-20)31(19-22-9-13-24(29)14-10-22)26(32)18-21-7-11-23(28)12-8-21/h2-14,25H,15-19H2,1H3,(H,30,33)/t25-/m0/s1. The molecule has 1 N–H and O–H groups in total. The Labute approximate surface area is 210 Å². The van der Waals surface area contributed by atoms with Gasteiger partial charge in [-0.2, -0.15) is 0 Å². The molecule has 3 aromatic carbocycles. The summed E-state index contributed by atoms with van der Waals surface area (Å²) in [6, 6.07) is 23.5. The maximum absolute atomic E-state index is 13.6. The number of hydrogen-bond acceptors (Lipinski definition) is 3. The molecule has 0 aliphatic carbocycles. The van der Waals surface area contributed by atoms with Crippen LogP contribution >= 0.6 is 23.2 Å². The van der Waals surface area contributed by atoms with E-state index in [9.17, 15) is 9.59 Å². The quantitative estimate of drug-likeness (QED) is 0.381. The molecule has 178 valence electrons. The Kier molecular flexibility index (Phi) is 9.95. The van der Waals surface area contributed by atoms with Crippen molar-refractivity contribution in [3.8, 4) is 0 Å². The number of rotatable bonds is 11. The minimum atomic E-state index is -0.699. The molecule has 3 rings (SSSR count). The first-order valence-electron chi connectivity index (χ1n) is 11.0. The number of hydrogen-bond donors (Lipinski definition) is 1. The van der Waals surface area contributed by atoms with Crippen molar-refractivity contribution in [1.82, 2.24) is 10.2 Å². The van der Waals surface area contributed by atoms with Crippen LogP contribution in [-0.4, -0.2) is 43.0 Å². The summed E-state index contributed by atoms with van der Waals surface area (Å²) >= 11 is 12.1. The molecular weight excluding hydrogens is 471 g/mol. The van der Waals surface area contributed by atoms with Crippen LogP contribution in [0.4, 0.5) is 0 Å². The molecule has 2 amide bonds. The molecule has 5 nitrogen and oxygen atoms in total. The molecule has 3 aromatic rings. The van der Waals surface area contributed by atoms with Crippen molar-refractivity contribution in [3.05, 3.63) is 106 Å². The van der Waals surface area contributed by atoms with Gasteiger partial charge < -0.3 is 15.0 Å². The predicted octanol–water partition coefficient (Wildman–Crippen LogP) is 4.94. The molecule has 0 aliphatic heterocycles. The molecule has 0 unspecified atom stereocenters. The number of carbonyl (C=O) groups excluding carboxylic acids is 2. The Hall–Kier alpha value is -2.86. The lowest BCUT2D eigenvalue weighted by Gasteiger charge is -2.31. The van der Waals surface area contributed by atoms with Crippen molar-refractivity contribution in [2.75, 3.05) is 20.3 Å².